The molecule has 31 heavy (non-hydrogen) atoms. The van der Waals surface area contributed by atoms with Crippen LogP contribution < -0.4 is 10.9 Å². The second-order valence-electron chi connectivity index (χ2n) is 8.58. The monoisotopic (exact) mass is 423 g/mol. The molecule has 0 amide bonds. The number of nitrogens with one attached hydrogen (secondary N) is 1. The lowest BCUT2D eigenvalue weighted by molar-refractivity contribution is 0.0738. The fourth-order valence-electron chi connectivity index (χ4n) is 3.84. The van der Waals surface area contributed by atoms with Gasteiger partial charge < -0.3 is 15.3 Å². The molecule has 0 unspecified atom stereocenters. The van der Waals surface area contributed by atoms with E-state index in [9.17, 15) is 9.90 Å². The maximum atomic E-state index is 13.0. The van der Waals surface area contributed by atoms with Crippen molar-refractivity contribution in [2.24, 2.45) is 0 Å². The van der Waals surface area contributed by atoms with E-state index in [1.807, 2.05) is 6.07 Å². The smallest absolute Gasteiger partial charge is 0.278 e. The van der Waals surface area contributed by atoms with Gasteiger partial charge in [-0.3, -0.25) is 4.79 Å². The van der Waals surface area contributed by atoms with E-state index in [4.69, 9.17) is 0 Å². The summed E-state index contributed by atoms with van der Waals surface area (Å²) in [6.45, 7) is 9.46. The van der Waals surface area contributed by atoms with E-state index in [2.05, 4.69) is 38.8 Å². The molecule has 1 aliphatic heterocycles. The van der Waals surface area contributed by atoms with Crippen molar-refractivity contribution in [2.75, 3.05) is 25.5 Å². The molecule has 0 spiro atoms. The highest BCUT2D eigenvalue weighted by atomic mass is 16.3. The first kappa shape index (κ1) is 21.2. The lowest BCUT2D eigenvalue weighted by Gasteiger charge is -2.29. The van der Waals surface area contributed by atoms with Gasteiger partial charge in [0.15, 0.2) is 11.5 Å². The topological polar surface area (TPSA) is 101 Å². The number of piperidine rings is 1. The summed E-state index contributed by atoms with van der Waals surface area (Å²) in [6, 6.07) is 5.65. The molecule has 3 aromatic rings. The number of rotatable bonds is 6. The fraction of sp³-hybridized carbons (Fsp3) is 0.455. The van der Waals surface area contributed by atoms with Crippen molar-refractivity contribution in [1.82, 2.24) is 29.2 Å². The van der Waals surface area contributed by atoms with Crippen LogP contribution >= 0.6 is 0 Å². The molecule has 9 nitrogen and oxygen atoms in total. The summed E-state index contributed by atoms with van der Waals surface area (Å²) in [5.74, 6) is 0.989. The molecule has 4 rings (SSSR count). The molecular formula is C22H29N7O2. The van der Waals surface area contributed by atoms with E-state index >= 15 is 0 Å². The van der Waals surface area contributed by atoms with Gasteiger partial charge in [-0.25, -0.2) is 19.3 Å². The Kier molecular flexibility index (Phi) is 5.63. The normalized spacial score (nSPS) is 16.0. The summed E-state index contributed by atoms with van der Waals surface area (Å²) >= 11 is 0. The predicted octanol–water partition coefficient (Wildman–Crippen LogP) is 1.90. The Morgan fingerprint density at radius 3 is 2.71 bits per heavy atom. The number of hydrogen-bond donors (Lipinski definition) is 2. The van der Waals surface area contributed by atoms with Crippen molar-refractivity contribution in [3.8, 4) is 5.82 Å². The van der Waals surface area contributed by atoms with Crippen LogP contribution in [0.15, 0.2) is 41.8 Å². The van der Waals surface area contributed by atoms with Crippen molar-refractivity contribution < 1.29 is 5.11 Å². The molecule has 1 aliphatic rings. The SMILES string of the molecule is C=CCn1c(=O)c2cnc(NC3CCN(C)CC3)nc2n1-c1cccc(C(C)(C)O)n1. The van der Waals surface area contributed by atoms with Gasteiger partial charge in [0.05, 0.1) is 12.2 Å². The molecule has 164 valence electrons. The summed E-state index contributed by atoms with van der Waals surface area (Å²) in [7, 11) is 2.12. The Labute approximate surface area is 181 Å². The lowest BCUT2D eigenvalue weighted by Crippen LogP contribution is -2.37. The Bertz CT molecular complexity index is 1150. The Morgan fingerprint density at radius 1 is 1.29 bits per heavy atom. The predicted molar refractivity (Wildman–Crippen MR) is 121 cm³/mol. The van der Waals surface area contributed by atoms with Crippen LogP contribution in [0.4, 0.5) is 5.95 Å². The molecule has 0 atom stereocenters. The van der Waals surface area contributed by atoms with Crippen molar-refractivity contribution in [2.45, 2.75) is 44.9 Å². The molecule has 9 heteroatoms. The van der Waals surface area contributed by atoms with Gasteiger partial charge in [-0.2, -0.15) is 4.98 Å². The number of nitrogens with zero attached hydrogens (tertiary/aromatic N) is 6. The van der Waals surface area contributed by atoms with Gasteiger partial charge in [-0.15, -0.1) is 6.58 Å². The van der Waals surface area contributed by atoms with Crippen LogP contribution in [0.1, 0.15) is 32.4 Å². The van der Waals surface area contributed by atoms with Gasteiger partial charge >= 0.3 is 0 Å². The molecular weight excluding hydrogens is 394 g/mol. The summed E-state index contributed by atoms with van der Waals surface area (Å²) in [5.41, 5.74) is -0.352. The Hall–Kier alpha value is -3.04. The molecule has 0 bridgehead atoms. The van der Waals surface area contributed by atoms with Gasteiger partial charge in [0.1, 0.15) is 11.0 Å². The van der Waals surface area contributed by atoms with Crippen molar-refractivity contribution >= 4 is 17.0 Å². The second kappa shape index (κ2) is 8.24. The Morgan fingerprint density at radius 2 is 2.03 bits per heavy atom. The number of pyridine rings is 1. The minimum atomic E-state index is -1.11. The zero-order chi connectivity index (χ0) is 22.2. The van der Waals surface area contributed by atoms with Gasteiger partial charge in [-0.05, 0) is 59.0 Å². The zero-order valence-electron chi connectivity index (χ0n) is 18.2. The number of hydrogen-bond acceptors (Lipinski definition) is 7. The summed E-state index contributed by atoms with van der Waals surface area (Å²) in [6.07, 6.45) is 5.24. The molecule has 4 heterocycles. The average Bonchev–Trinajstić information content (AvgIpc) is 3.01. The molecule has 1 fully saturated rings. The van der Waals surface area contributed by atoms with Gasteiger partial charge in [0, 0.05) is 12.2 Å². The average molecular weight is 424 g/mol. The molecule has 2 N–H and O–H groups in total. The van der Waals surface area contributed by atoms with Crippen LogP contribution in [-0.2, 0) is 12.1 Å². The number of aromatic nitrogens is 5. The van der Waals surface area contributed by atoms with Crippen molar-refractivity contribution in [3.05, 3.63) is 53.1 Å². The molecule has 0 saturated carbocycles. The van der Waals surface area contributed by atoms with Crippen molar-refractivity contribution in [1.29, 1.82) is 0 Å². The van der Waals surface area contributed by atoms with E-state index in [0.29, 0.717) is 41.1 Å². The van der Waals surface area contributed by atoms with E-state index in [1.54, 1.807) is 42.9 Å². The first-order valence-corrected chi connectivity index (χ1v) is 10.5. The molecule has 3 aromatic heterocycles. The largest absolute Gasteiger partial charge is 0.384 e. The first-order chi connectivity index (χ1) is 14.8. The molecule has 0 aromatic carbocycles. The highest BCUT2D eigenvalue weighted by molar-refractivity contribution is 5.76. The van der Waals surface area contributed by atoms with Crippen LogP contribution in [0.5, 0.6) is 0 Å². The number of aliphatic hydroxyl groups is 1. The van der Waals surface area contributed by atoms with E-state index in [0.717, 1.165) is 25.9 Å². The van der Waals surface area contributed by atoms with E-state index < -0.39 is 5.60 Å². The van der Waals surface area contributed by atoms with Crippen LogP contribution in [0.2, 0.25) is 0 Å². The lowest BCUT2D eigenvalue weighted by atomic mass is 10.1. The van der Waals surface area contributed by atoms with Crippen LogP contribution in [0.25, 0.3) is 16.9 Å². The molecule has 0 radical (unpaired) electrons. The highest BCUT2D eigenvalue weighted by Crippen LogP contribution is 2.21. The maximum Gasteiger partial charge on any atom is 0.278 e. The number of anilines is 1. The quantitative estimate of drug-likeness (QED) is 0.584. The minimum absolute atomic E-state index is 0.212. The first-order valence-electron chi connectivity index (χ1n) is 10.5. The van der Waals surface area contributed by atoms with Gasteiger partial charge in [0.2, 0.25) is 5.95 Å². The highest BCUT2D eigenvalue weighted by Gasteiger charge is 2.22. The summed E-state index contributed by atoms with van der Waals surface area (Å²) in [5, 5.41) is 14.2. The standard InChI is InChI=1S/C22H29N7O2/c1-5-11-28-20(30)16-14-23-21(24-15-9-12-27(4)13-10-15)26-19(16)29(28)18-8-6-7-17(25-18)22(2,3)31/h5-8,14-15,31H,1,9-13H2,2-4H3,(H,23,24,26). The molecule has 0 aliphatic carbocycles. The van der Waals surface area contributed by atoms with Crippen LogP contribution in [0.3, 0.4) is 0 Å². The number of allylic oxidation sites excluding steroid dienone is 1. The molecule has 1 saturated heterocycles. The third kappa shape index (κ3) is 4.24. The second-order valence-corrected chi connectivity index (χ2v) is 8.58. The van der Waals surface area contributed by atoms with Gasteiger partial charge in [0.25, 0.3) is 5.56 Å². The number of fused-ring (bicyclic) bond motifs is 1. The third-order valence-corrected chi connectivity index (χ3v) is 5.61. The minimum Gasteiger partial charge on any atom is -0.384 e. The number of likely N-dealkylation sites (tertiary alicyclic amines) is 1. The maximum absolute atomic E-state index is 13.0. The zero-order valence-corrected chi connectivity index (χ0v) is 18.2. The van der Waals surface area contributed by atoms with Gasteiger partial charge in [-0.1, -0.05) is 12.1 Å². The van der Waals surface area contributed by atoms with Crippen LogP contribution in [-0.4, -0.2) is 60.5 Å². The summed E-state index contributed by atoms with van der Waals surface area (Å²) in [4.78, 5) is 29.0. The van der Waals surface area contributed by atoms with E-state index in [1.165, 1.54) is 4.68 Å². The summed E-state index contributed by atoms with van der Waals surface area (Å²) < 4.78 is 3.21. The van der Waals surface area contributed by atoms with Crippen molar-refractivity contribution in [3.63, 3.8) is 0 Å². The third-order valence-electron chi connectivity index (χ3n) is 5.61. The fourth-order valence-corrected chi connectivity index (χ4v) is 3.84. The van der Waals surface area contributed by atoms with E-state index in [-0.39, 0.29) is 5.56 Å². The Balaban J connectivity index is 1.81. The van der Waals surface area contributed by atoms with Crippen LogP contribution in [0, 0.1) is 0 Å².